The predicted molar refractivity (Wildman–Crippen MR) is 103 cm³/mol. The first-order valence-corrected chi connectivity index (χ1v) is 11.0. The van der Waals surface area contributed by atoms with Crippen LogP contribution in [0.4, 0.5) is 0 Å². The molecule has 2 N–H and O–H groups in total. The van der Waals surface area contributed by atoms with Crippen molar-refractivity contribution in [2.24, 2.45) is 0 Å². The molecule has 7 nitrogen and oxygen atoms in total. The largest absolute Gasteiger partial charge is 0.481 e. The number of rotatable bonds is 10. The predicted octanol–water partition coefficient (Wildman–Crippen LogP) is 1.78. The molecule has 27 heavy (non-hydrogen) atoms. The van der Waals surface area contributed by atoms with E-state index in [9.17, 15) is 18.0 Å². The molecule has 1 aromatic carbocycles. The molecule has 1 fully saturated rings. The third kappa shape index (κ3) is 6.32. The minimum Gasteiger partial charge on any atom is -0.481 e. The molecule has 1 aromatic rings. The number of benzene rings is 1. The van der Waals surface area contributed by atoms with Crippen molar-refractivity contribution >= 4 is 21.9 Å². The second-order valence-electron chi connectivity index (χ2n) is 6.91. The van der Waals surface area contributed by atoms with Crippen molar-refractivity contribution in [1.82, 2.24) is 9.62 Å². The maximum absolute atomic E-state index is 12.8. The van der Waals surface area contributed by atoms with E-state index in [0.29, 0.717) is 38.6 Å². The molecule has 0 spiro atoms. The van der Waals surface area contributed by atoms with Crippen LogP contribution in [0.25, 0.3) is 0 Å². The minimum atomic E-state index is -3.45. The molecule has 0 radical (unpaired) electrons. The minimum absolute atomic E-state index is 0.0310. The number of carboxylic acid groups (broad SMARTS) is 1. The van der Waals surface area contributed by atoms with Gasteiger partial charge in [-0.25, -0.2) is 8.42 Å². The second kappa shape index (κ2) is 9.85. The molecule has 8 heteroatoms. The van der Waals surface area contributed by atoms with E-state index in [1.165, 1.54) is 4.31 Å². The van der Waals surface area contributed by atoms with E-state index in [2.05, 4.69) is 5.32 Å². The number of aliphatic carboxylic acids is 1. The van der Waals surface area contributed by atoms with Gasteiger partial charge in [-0.15, -0.1) is 0 Å². The van der Waals surface area contributed by atoms with E-state index in [1.54, 1.807) is 6.92 Å². The summed E-state index contributed by atoms with van der Waals surface area (Å²) in [6, 6.07) is 8.46. The lowest BCUT2D eigenvalue weighted by Crippen LogP contribution is -2.49. The van der Waals surface area contributed by atoms with Crippen molar-refractivity contribution < 1.29 is 23.1 Å². The van der Waals surface area contributed by atoms with Gasteiger partial charge in [-0.2, -0.15) is 4.31 Å². The van der Waals surface area contributed by atoms with Gasteiger partial charge in [-0.05, 0) is 37.7 Å². The Labute approximate surface area is 160 Å². The molecule has 1 aliphatic heterocycles. The Morgan fingerprint density at radius 3 is 2.63 bits per heavy atom. The quantitative estimate of drug-likeness (QED) is 0.627. The summed E-state index contributed by atoms with van der Waals surface area (Å²) in [4.78, 5) is 23.7. The lowest BCUT2D eigenvalue weighted by molar-refractivity contribution is -0.137. The number of nitrogens with zero attached hydrogens (tertiary/aromatic N) is 1. The van der Waals surface area contributed by atoms with Gasteiger partial charge in [0.15, 0.2) is 0 Å². The molecule has 2 rings (SSSR count). The van der Waals surface area contributed by atoms with Gasteiger partial charge in [0.2, 0.25) is 15.9 Å². The SMILES string of the molecule is CCCS(=O)(=O)N1CCCC1C(=O)NC(CCC(=O)O)Cc1ccccc1. The number of carbonyl (C=O) groups excluding carboxylic acids is 1. The Balaban J connectivity index is 2.08. The van der Waals surface area contributed by atoms with Gasteiger partial charge >= 0.3 is 5.97 Å². The first kappa shape index (κ1) is 21.4. The summed E-state index contributed by atoms with van der Waals surface area (Å²) in [5.41, 5.74) is 0.995. The Hall–Kier alpha value is -1.93. The number of amides is 1. The van der Waals surface area contributed by atoms with Crippen molar-refractivity contribution in [2.45, 2.75) is 57.5 Å². The van der Waals surface area contributed by atoms with Crippen LogP contribution in [-0.2, 0) is 26.0 Å². The van der Waals surface area contributed by atoms with Gasteiger partial charge in [-0.1, -0.05) is 37.3 Å². The van der Waals surface area contributed by atoms with Crippen LogP contribution in [0, 0.1) is 0 Å². The summed E-state index contributed by atoms with van der Waals surface area (Å²) in [5, 5.41) is 11.9. The standard InChI is InChI=1S/C19H28N2O5S/c1-2-13-27(25,26)21-12-6-9-17(21)19(24)20-16(10-11-18(22)23)14-15-7-4-3-5-8-15/h3-5,7-8,16-17H,2,6,9-14H2,1H3,(H,20,24)(H,22,23). The fourth-order valence-electron chi connectivity index (χ4n) is 3.43. The smallest absolute Gasteiger partial charge is 0.303 e. The van der Waals surface area contributed by atoms with Gasteiger partial charge in [0.25, 0.3) is 0 Å². The van der Waals surface area contributed by atoms with Crippen molar-refractivity contribution in [3.63, 3.8) is 0 Å². The zero-order valence-electron chi connectivity index (χ0n) is 15.6. The Morgan fingerprint density at radius 1 is 1.30 bits per heavy atom. The highest BCUT2D eigenvalue weighted by atomic mass is 32.2. The Kier molecular flexibility index (Phi) is 7.79. The molecule has 0 bridgehead atoms. The number of hydrogen-bond donors (Lipinski definition) is 2. The summed E-state index contributed by atoms with van der Waals surface area (Å²) in [7, 11) is -3.45. The summed E-state index contributed by atoms with van der Waals surface area (Å²) >= 11 is 0. The van der Waals surface area contributed by atoms with Crippen molar-refractivity contribution in [2.75, 3.05) is 12.3 Å². The molecule has 0 aromatic heterocycles. The molecular formula is C19H28N2O5S. The summed E-state index contributed by atoms with van der Waals surface area (Å²) < 4.78 is 26.1. The highest BCUT2D eigenvalue weighted by Gasteiger charge is 2.38. The van der Waals surface area contributed by atoms with Gasteiger partial charge in [-0.3, -0.25) is 9.59 Å². The molecule has 1 aliphatic rings. The molecule has 1 saturated heterocycles. The molecule has 0 aliphatic carbocycles. The van der Waals surface area contributed by atoms with Crippen LogP contribution in [0.1, 0.15) is 44.6 Å². The number of nitrogens with one attached hydrogen (secondary N) is 1. The monoisotopic (exact) mass is 396 g/mol. The first-order valence-electron chi connectivity index (χ1n) is 9.39. The average Bonchev–Trinajstić information content (AvgIpc) is 3.11. The lowest BCUT2D eigenvalue weighted by Gasteiger charge is -2.26. The number of carbonyl (C=O) groups is 2. The fourth-order valence-corrected chi connectivity index (χ4v) is 5.18. The van der Waals surface area contributed by atoms with Crippen LogP contribution in [0.3, 0.4) is 0 Å². The summed E-state index contributed by atoms with van der Waals surface area (Å²) in [6.07, 6.45) is 2.40. The molecular weight excluding hydrogens is 368 g/mol. The van der Waals surface area contributed by atoms with Gasteiger partial charge in [0, 0.05) is 19.0 Å². The van der Waals surface area contributed by atoms with Crippen LogP contribution >= 0.6 is 0 Å². The van der Waals surface area contributed by atoms with Crippen molar-refractivity contribution in [3.05, 3.63) is 35.9 Å². The zero-order chi connectivity index (χ0) is 19.9. The molecule has 2 atom stereocenters. The highest BCUT2D eigenvalue weighted by Crippen LogP contribution is 2.22. The molecule has 1 heterocycles. The van der Waals surface area contributed by atoms with Crippen LogP contribution in [-0.4, -0.2) is 54.1 Å². The molecule has 150 valence electrons. The summed E-state index contributed by atoms with van der Waals surface area (Å²) in [6.45, 7) is 2.16. The van der Waals surface area contributed by atoms with Crippen LogP contribution in [0.15, 0.2) is 30.3 Å². The maximum Gasteiger partial charge on any atom is 0.303 e. The third-order valence-corrected chi connectivity index (χ3v) is 6.78. The molecule has 0 saturated carbocycles. The first-order chi connectivity index (χ1) is 12.8. The number of hydrogen-bond acceptors (Lipinski definition) is 4. The Morgan fingerprint density at radius 2 is 2.00 bits per heavy atom. The van der Waals surface area contributed by atoms with E-state index in [-0.39, 0.29) is 24.1 Å². The third-order valence-electron chi connectivity index (χ3n) is 4.70. The summed E-state index contributed by atoms with van der Waals surface area (Å²) in [5.74, 6) is -1.22. The van der Waals surface area contributed by atoms with E-state index in [0.717, 1.165) is 5.56 Å². The average molecular weight is 397 g/mol. The van der Waals surface area contributed by atoms with Gasteiger partial charge in [0.05, 0.1) is 5.75 Å². The maximum atomic E-state index is 12.8. The highest BCUT2D eigenvalue weighted by molar-refractivity contribution is 7.89. The van der Waals surface area contributed by atoms with Gasteiger partial charge in [0.1, 0.15) is 6.04 Å². The topological polar surface area (TPSA) is 104 Å². The lowest BCUT2D eigenvalue weighted by atomic mass is 10.0. The number of carboxylic acids is 1. The van der Waals surface area contributed by atoms with E-state index in [1.807, 2.05) is 30.3 Å². The molecule has 1 amide bonds. The molecule has 2 unspecified atom stereocenters. The van der Waals surface area contributed by atoms with Crippen molar-refractivity contribution in [3.8, 4) is 0 Å². The van der Waals surface area contributed by atoms with Crippen LogP contribution in [0.5, 0.6) is 0 Å². The van der Waals surface area contributed by atoms with Crippen molar-refractivity contribution in [1.29, 1.82) is 0 Å². The van der Waals surface area contributed by atoms with Crippen LogP contribution < -0.4 is 5.32 Å². The van der Waals surface area contributed by atoms with Gasteiger partial charge < -0.3 is 10.4 Å². The fraction of sp³-hybridized carbons (Fsp3) is 0.579. The Bertz CT molecular complexity index is 736. The zero-order valence-corrected chi connectivity index (χ0v) is 16.5. The normalized spacial score (nSPS) is 18.9. The number of sulfonamides is 1. The van der Waals surface area contributed by atoms with E-state index in [4.69, 9.17) is 5.11 Å². The van der Waals surface area contributed by atoms with Crippen LogP contribution in [0.2, 0.25) is 0 Å². The van der Waals surface area contributed by atoms with E-state index < -0.39 is 22.0 Å². The second-order valence-corrected chi connectivity index (χ2v) is 8.95. The van der Waals surface area contributed by atoms with E-state index >= 15 is 0 Å².